The summed E-state index contributed by atoms with van der Waals surface area (Å²) in [5.41, 5.74) is 0.737. The van der Waals surface area contributed by atoms with E-state index in [1.807, 2.05) is 0 Å². The van der Waals surface area contributed by atoms with Crippen molar-refractivity contribution in [3.05, 3.63) is 109 Å². The molecule has 0 aliphatic carbocycles. The summed E-state index contributed by atoms with van der Waals surface area (Å²) in [4.78, 5) is 0. The summed E-state index contributed by atoms with van der Waals surface area (Å²) in [7, 11) is 0. The predicted molar refractivity (Wildman–Crippen MR) is 123 cm³/mol. The molecule has 0 amide bonds. The van der Waals surface area contributed by atoms with Crippen LogP contribution in [0.3, 0.4) is 0 Å². The average molecular weight is 419 g/mol. The lowest BCUT2D eigenvalue weighted by molar-refractivity contribution is 0.0642. The Labute approximate surface area is 179 Å². The van der Waals surface area contributed by atoms with E-state index in [0.29, 0.717) is 23.7 Å². The van der Waals surface area contributed by atoms with E-state index in [1.165, 1.54) is 25.2 Å². The van der Waals surface area contributed by atoms with E-state index in [2.05, 4.69) is 53.3 Å². The van der Waals surface area contributed by atoms with Crippen LogP contribution in [0.4, 0.5) is 13.2 Å². The highest BCUT2D eigenvalue weighted by atomic mass is 19.2. The quantitative estimate of drug-likeness (QED) is 0.273. The molecule has 2 unspecified atom stereocenters. The number of halogens is 3. The van der Waals surface area contributed by atoms with Crippen LogP contribution in [-0.2, 0) is 4.74 Å². The minimum absolute atomic E-state index is 0.0496. The molecular weight excluding hydrogens is 385 g/mol. The van der Waals surface area contributed by atoms with Crippen LogP contribution in [0.25, 0.3) is 0 Å². The standard InChI is InChI=1S/C26H33F3O/c1-11-17(4)15-30-23(10)22(9)24(27)14-20(7)18(5)12-13-19(6)21(8)26(29)25(28)16(2)3/h12-14,17,23H,2,5-9,11,15H2,1,3-4,10H3/b13-12-,24-14+,26-25-. The van der Waals surface area contributed by atoms with Crippen LogP contribution in [0.5, 0.6) is 0 Å². The maximum absolute atomic E-state index is 14.5. The molecule has 164 valence electrons. The highest BCUT2D eigenvalue weighted by Crippen LogP contribution is 2.27. The molecule has 0 radical (unpaired) electrons. The zero-order chi connectivity index (χ0) is 23.6. The monoisotopic (exact) mass is 418 g/mol. The second-order valence-corrected chi connectivity index (χ2v) is 7.30. The molecule has 0 bridgehead atoms. The van der Waals surface area contributed by atoms with Crippen LogP contribution in [0.1, 0.15) is 34.1 Å². The summed E-state index contributed by atoms with van der Waals surface area (Å²) in [6.07, 6.45) is 4.57. The van der Waals surface area contributed by atoms with Crippen LogP contribution >= 0.6 is 0 Å². The lowest BCUT2D eigenvalue weighted by Gasteiger charge is -2.17. The van der Waals surface area contributed by atoms with E-state index in [-0.39, 0.29) is 22.3 Å². The number of hydrogen-bond acceptors (Lipinski definition) is 1. The third kappa shape index (κ3) is 8.83. The molecule has 0 fully saturated rings. The van der Waals surface area contributed by atoms with Gasteiger partial charge in [-0.3, -0.25) is 0 Å². The van der Waals surface area contributed by atoms with E-state index >= 15 is 0 Å². The Morgan fingerprint density at radius 3 is 1.90 bits per heavy atom. The highest BCUT2D eigenvalue weighted by Gasteiger charge is 2.14. The maximum Gasteiger partial charge on any atom is 0.166 e. The Morgan fingerprint density at radius 1 is 0.867 bits per heavy atom. The lowest BCUT2D eigenvalue weighted by atomic mass is 10.0. The third-order valence-electron chi connectivity index (χ3n) is 4.54. The number of rotatable bonds is 13. The van der Waals surface area contributed by atoms with Gasteiger partial charge in [0.1, 0.15) is 5.83 Å². The Morgan fingerprint density at radius 2 is 1.40 bits per heavy atom. The summed E-state index contributed by atoms with van der Waals surface area (Å²) >= 11 is 0. The molecule has 1 nitrogen and oxygen atoms in total. The first-order valence-corrected chi connectivity index (χ1v) is 9.67. The summed E-state index contributed by atoms with van der Waals surface area (Å²) in [5, 5.41) is 0. The molecule has 0 saturated heterocycles. The average Bonchev–Trinajstić information content (AvgIpc) is 2.72. The first-order chi connectivity index (χ1) is 13.8. The van der Waals surface area contributed by atoms with E-state index in [4.69, 9.17) is 4.74 Å². The Kier molecular flexibility index (Phi) is 11.8. The Balaban J connectivity index is 5.08. The normalized spacial score (nSPS) is 14.7. The topological polar surface area (TPSA) is 9.23 Å². The van der Waals surface area contributed by atoms with Crippen LogP contribution in [0, 0.1) is 5.92 Å². The first-order valence-electron chi connectivity index (χ1n) is 9.67. The van der Waals surface area contributed by atoms with Crippen LogP contribution < -0.4 is 0 Å². The molecule has 0 rings (SSSR count). The van der Waals surface area contributed by atoms with Crippen LogP contribution in [0.15, 0.2) is 109 Å². The van der Waals surface area contributed by atoms with Crippen LogP contribution in [0.2, 0.25) is 0 Å². The largest absolute Gasteiger partial charge is 0.373 e. The van der Waals surface area contributed by atoms with Crippen molar-refractivity contribution < 1.29 is 17.9 Å². The van der Waals surface area contributed by atoms with Crippen molar-refractivity contribution in [1.82, 2.24) is 0 Å². The van der Waals surface area contributed by atoms with Crippen molar-refractivity contribution in [1.29, 1.82) is 0 Å². The molecule has 0 aliphatic heterocycles. The summed E-state index contributed by atoms with van der Waals surface area (Å²) < 4.78 is 47.7. The molecule has 0 saturated carbocycles. The van der Waals surface area contributed by atoms with Crippen molar-refractivity contribution in [2.24, 2.45) is 5.92 Å². The number of hydrogen-bond donors (Lipinski definition) is 0. The molecular formula is C26H33F3O. The smallest absolute Gasteiger partial charge is 0.166 e. The van der Waals surface area contributed by atoms with E-state index < -0.39 is 23.6 Å². The molecule has 0 N–H and O–H groups in total. The van der Waals surface area contributed by atoms with Crippen molar-refractivity contribution in [3.8, 4) is 0 Å². The zero-order valence-electron chi connectivity index (χ0n) is 18.6. The Bertz CT molecular complexity index is 821. The third-order valence-corrected chi connectivity index (χ3v) is 4.54. The van der Waals surface area contributed by atoms with Crippen molar-refractivity contribution in [2.75, 3.05) is 6.61 Å². The highest BCUT2D eigenvalue weighted by molar-refractivity contribution is 5.53. The van der Waals surface area contributed by atoms with Gasteiger partial charge in [-0.05, 0) is 48.1 Å². The second kappa shape index (κ2) is 12.9. The fraction of sp³-hybridized carbons (Fsp3) is 0.308. The number of allylic oxidation sites excluding steroid dienone is 10. The minimum Gasteiger partial charge on any atom is -0.373 e. The van der Waals surface area contributed by atoms with Gasteiger partial charge in [-0.2, -0.15) is 0 Å². The van der Waals surface area contributed by atoms with Crippen LogP contribution in [-0.4, -0.2) is 12.7 Å². The van der Waals surface area contributed by atoms with Gasteiger partial charge in [-0.1, -0.05) is 71.9 Å². The van der Waals surface area contributed by atoms with E-state index in [9.17, 15) is 13.2 Å². The van der Waals surface area contributed by atoms with Gasteiger partial charge in [-0.25, -0.2) is 13.2 Å². The Hall–Kier alpha value is -2.59. The molecule has 2 atom stereocenters. The van der Waals surface area contributed by atoms with E-state index in [1.54, 1.807) is 6.92 Å². The molecule has 0 aromatic rings. The van der Waals surface area contributed by atoms with Gasteiger partial charge in [0.2, 0.25) is 0 Å². The molecule has 0 heterocycles. The molecule has 0 aliphatic rings. The molecule has 0 spiro atoms. The fourth-order valence-electron chi connectivity index (χ4n) is 1.93. The van der Waals surface area contributed by atoms with Gasteiger partial charge in [0.25, 0.3) is 0 Å². The first kappa shape index (κ1) is 27.4. The minimum atomic E-state index is -1.13. The second-order valence-electron chi connectivity index (χ2n) is 7.30. The summed E-state index contributed by atoms with van der Waals surface area (Å²) in [6.45, 7) is 29.5. The number of ether oxygens (including phenoxy) is 1. The maximum atomic E-state index is 14.5. The zero-order valence-corrected chi connectivity index (χ0v) is 18.6. The molecule has 0 aromatic carbocycles. The van der Waals surface area contributed by atoms with Gasteiger partial charge in [-0.15, -0.1) is 0 Å². The van der Waals surface area contributed by atoms with E-state index in [0.717, 1.165) is 6.42 Å². The van der Waals surface area contributed by atoms with Gasteiger partial charge >= 0.3 is 0 Å². The van der Waals surface area contributed by atoms with Crippen molar-refractivity contribution in [3.63, 3.8) is 0 Å². The van der Waals surface area contributed by atoms with Gasteiger partial charge in [0.05, 0.1) is 6.10 Å². The van der Waals surface area contributed by atoms with Gasteiger partial charge in [0, 0.05) is 17.8 Å². The lowest BCUT2D eigenvalue weighted by Crippen LogP contribution is -2.16. The fourth-order valence-corrected chi connectivity index (χ4v) is 1.93. The predicted octanol–water partition coefficient (Wildman–Crippen LogP) is 8.35. The van der Waals surface area contributed by atoms with Gasteiger partial charge in [0.15, 0.2) is 11.7 Å². The molecule has 4 heteroatoms. The summed E-state index contributed by atoms with van der Waals surface area (Å²) in [6, 6.07) is 0. The summed E-state index contributed by atoms with van der Waals surface area (Å²) in [5.74, 6) is -2.40. The van der Waals surface area contributed by atoms with Gasteiger partial charge < -0.3 is 4.74 Å². The SMILES string of the molecule is C=C(/C=C\C(=C)C(=C)/C(F)=C(/F)C(=C)C)C(=C)/C=C(/F)C(=C)C(C)OCC(C)CC. The molecule has 30 heavy (non-hydrogen) atoms. The van der Waals surface area contributed by atoms with Crippen molar-refractivity contribution in [2.45, 2.75) is 40.2 Å². The molecule has 0 aromatic heterocycles. The van der Waals surface area contributed by atoms with Crippen molar-refractivity contribution >= 4 is 0 Å².